The summed E-state index contributed by atoms with van der Waals surface area (Å²) in [6, 6.07) is 12.5. The molecule has 0 atom stereocenters. The van der Waals surface area contributed by atoms with Crippen molar-refractivity contribution in [3.63, 3.8) is 0 Å². The number of nitrogens with zero attached hydrogens (tertiary/aromatic N) is 1. The SMILES string of the molecule is Cc1cc(C)c(NC(=S)NC2CCN(Cc3ccc(Cl)cc3)CC2)c(Cl)c1. The van der Waals surface area contributed by atoms with Gasteiger partial charge in [-0.15, -0.1) is 0 Å². The van der Waals surface area contributed by atoms with Crippen molar-refractivity contribution in [1.82, 2.24) is 10.2 Å². The molecular formula is C21H25Cl2N3S. The van der Waals surface area contributed by atoms with E-state index in [0.717, 1.165) is 54.3 Å². The largest absolute Gasteiger partial charge is 0.360 e. The third-order valence-corrected chi connectivity index (χ3v) is 5.68. The Morgan fingerprint density at radius 3 is 2.41 bits per heavy atom. The van der Waals surface area contributed by atoms with Crippen LogP contribution in [-0.4, -0.2) is 29.1 Å². The van der Waals surface area contributed by atoms with Crippen molar-refractivity contribution in [2.24, 2.45) is 0 Å². The van der Waals surface area contributed by atoms with Gasteiger partial charge in [-0.3, -0.25) is 4.90 Å². The molecule has 2 aromatic carbocycles. The van der Waals surface area contributed by atoms with Crippen LogP contribution in [0.1, 0.15) is 29.5 Å². The highest BCUT2D eigenvalue weighted by atomic mass is 35.5. The average Bonchev–Trinajstić information content (AvgIpc) is 2.62. The van der Waals surface area contributed by atoms with Gasteiger partial charge in [-0.2, -0.15) is 0 Å². The summed E-state index contributed by atoms with van der Waals surface area (Å²) in [5.41, 5.74) is 4.43. The number of piperidine rings is 1. The third-order valence-electron chi connectivity index (χ3n) is 4.91. The monoisotopic (exact) mass is 421 g/mol. The van der Waals surface area contributed by atoms with Crippen molar-refractivity contribution in [3.05, 3.63) is 63.1 Å². The Morgan fingerprint density at radius 2 is 1.78 bits per heavy atom. The first-order chi connectivity index (χ1) is 12.9. The van der Waals surface area contributed by atoms with Gasteiger partial charge in [-0.25, -0.2) is 0 Å². The molecule has 0 spiro atoms. The first-order valence-electron chi connectivity index (χ1n) is 9.22. The molecular weight excluding hydrogens is 397 g/mol. The Morgan fingerprint density at radius 1 is 1.11 bits per heavy atom. The molecule has 0 unspecified atom stereocenters. The van der Waals surface area contributed by atoms with Crippen molar-refractivity contribution in [2.45, 2.75) is 39.3 Å². The summed E-state index contributed by atoms with van der Waals surface area (Å²) in [5, 5.41) is 8.84. The van der Waals surface area contributed by atoms with E-state index >= 15 is 0 Å². The van der Waals surface area contributed by atoms with Crippen LogP contribution in [0.15, 0.2) is 36.4 Å². The standard InChI is InChI=1S/C21H25Cl2N3S/c1-14-11-15(2)20(19(23)12-14)25-21(27)24-18-7-9-26(10-8-18)13-16-3-5-17(22)6-4-16/h3-6,11-12,18H,7-10,13H2,1-2H3,(H2,24,25,27). The predicted octanol–water partition coefficient (Wildman–Crippen LogP) is 5.56. The number of benzene rings is 2. The van der Waals surface area contributed by atoms with Crippen molar-refractivity contribution in [1.29, 1.82) is 0 Å². The molecule has 0 aromatic heterocycles. The molecule has 1 aliphatic heterocycles. The lowest BCUT2D eigenvalue weighted by molar-refractivity contribution is 0.199. The first kappa shape index (κ1) is 20.4. The van der Waals surface area contributed by atoms with Crippen LogP contribution < -0.4 is 10.6 Å². The zero-order chi connectivity index (χ0) is 19.4. The summed E-state index contributed by atoms with van der Waals surface area (Å²) in [4.78, 5) is 2.47. The summed E-state index contributed by atoms with van der Waals surface area (Å²) in [6.07, 6.45) is 2.13. The van der Waals surface area contributed by atoms with Crippen molar-refractivity contribution >= 4 is 46.2 Å². The maximum absolute atomic E-state index is 6.36. The highest BCUT2D eigenvalue weighted by Crippen LogP contribution is 2.27. The normalized spacial score (nSPS) is 15.6. The van der Waals surface area contributed by atoms with Gasteiger partial charge in [-0.05, 0) is 73.8 Å². The van der Waals surface area contributed by atoms with Gasteiger partial charge in [-0.1, -0.05) is 41.4 Å². The molecule has 1 fully saturated rings. The quantitative estimate of drug-likeness (QED) is 0.631. The van der Waals surface area contributed by atoms with Crippen molar-refractivity contribution in [2.75, 3.05) is 18.4 Å². The molecule has 0 amide bonds. The maximum atomic E-state index is 6.36. The zero-order valence-corrected chi connectivity index (χ0v) is 18.0. The molecule has 2 aromatic rings. The van der Waals surface area contributed by atoms with Gasteiger partial charge in [0.05, 0.1) is 10.7 Å². The molecule has 0 bridgehead atoms. The third kappa shape index (κ3) is 5.82. The van der Waals surface area contributed by atoms with E-state index in [1.807, 2.05) is 32.0 Å². The van der Waals surface area contributed by atoms with E-state index in [-0.39, 0.29) is 0 Å². The van der Waals surface area contributed by atoms with Crippen LogP contribution in [0.25, 0.3) is 0 Å². The number of thiocarbonyl (C=S) groups is 1. The Kier molecular flexibility index (Phi) is 6.99. The fourth-order valence-electron chi connectivity index (χ4n) is 3.49. The van der Waals surface area contributed by atoms with Gasteiger partial charge < -0.3 is 10.6 Å². The molecule has 3 rings (SSSR count). The van der Waals surface area contributed by atoms with Crippen LogP contribution in [-0.2, 0) is 6.54 Å². The number of aryl methyl sites for hydroxylation is 2. The smallest absolute Gasteiger partial charge is 0.171 e. The minimum Gasteiger partial charge on any atom is -0.360 e. The van der Waals surface area contributed by atoms with E-state index in [0.29, 0.717) is 16.2 Å². The van der Waals surface area contributed by atoms with Crippen LogP contribution in [0.4, 0.5) is 5.69 Å². The number of rotatable bonds is 4. The molecule has 0 radical (unpaired) electrons. The van der Waals surface area contributed by atoms with Crippen LogP contribution in [0, 0.1) is 13.8 Å². The van der Waals surface area contributed by atoms with Gasteiger partial charge in [0.2, 0.25) is 0 Å². The number of hydrogen-bond donors (Lipinski definition) is 2. The first-order valence-corrected chi connectivity index (χ1v) is 10.4. The summed E-state index contributed by atoms with van der Waals surface area (Å²) in [6.45, 7) is 7.14. The number of likely N-dealkylation sites (tertiary alicyclic amines) is 1. The highest BCUT2D eigenvalue weighted by molar-refractivity contribution is 7.80. The second-order valence-corrected chi connectivity index (χ2v) is 8.47. The molecule has 27 heavy (non-hydrogen) atoms. The van der Waals surface area contributed by atoms with E-state index < -0.39 is 0 Å². The predicted molar refractivity (Wildman–Crippen MR) is 120 cm³/mol. The Bertz CT molecular complexity index is 777. The lowest BCUT2D eigenvalue weighted by Gasteiger charge is -2.33. The average molecular weight is 422 g/mol. The molecule has 0 saturated carbocycles. The van der Waals surface area contributed by atoms with Crippen LogP contribution >= 0.6 is 35.4 Å². The summed E-state index contributed by atoms with van der Waals surface area (Å²) in [7, 11) is 0. The van der Waals surface area contributed by atoms with E-state index in [9.17, 15) is 0 Å². The fourth-order valence-corrected chi connectivity index (χ4v) is 4.26. The van der Waals surface area contributed by atoms with E-state index in [1.165, 1.54) is 5.56 Å². The lowest BCUT2D eigenvalue weighted by Crippen LogP contribution is -2.45. The highest BCUT2D eigenvalue weighted by Gasteiger charge is 2.20. The Labute approximate surface area is 177 Å². The Hall–Kier alpha value is -1.33. The summed E-state index contributed by atoms with van der Waals surface area (Å²) < 4.78 is 0. The molecule has 1 saturated heterocycles. The molecule has 1 aliphatic rings. The molecule has 0 aliphatic carbocycles. The topological polar surface area (TPSA) is 27.3 Å². The van der Waals surface area contributed by atoms with E-state index in [2.05, 4.69) is 33.7 Å². The summed E-state index contributed by atoms with van der Waals surface area (Å²) in [5.74, 6) is 0. The van der Waals surface area contributed by atoms with Crippen LogP contribution in [0.5, 0.6) is 0 Å². The minimum atomic E-state index is 0.385. The second kappa shape index (κ2) is 9.24. The number of anilines is 1. The molecule has 2 N–H and O–H groups in total. The summed E-state index contributed by atoms with van der Waals surface area (Å²) >= 11 is 17.8. The maximum Gasteiger partial charge on any atom is 0.171 e. The number of hydrogen-bond acceptors (Lipinski definition) is 2. The molecule has 6 heteroatoms. The minimum absolute atomic E-state index is 0.385. The van der Waals surface area contributed by atoms with E-state index in [4.69, 9.17) is 35.4 Å². The van der Waals surface area contributed by atoms with E-state index in [1.54, 1.807) is 0 Å². The number of nitrogens with one attached hydrogen (secondary N) is 2. The van der Waals surface area contributed by atoms with Crippen molar-refractivity contribution in [3.8, 4) is 0 Å². The zero-order valence-electron chi connectivity index (χ0n) is 15.7. The van der Waals surface area contributed by atoms with Gasteiger partial charge in [0.25, 0.3) is 0 Å². The van der Waals surface area contributed by atoms with Gasteiger partial charge >= 0.3 is 0 Å². The fraction of sp³-hybridized carbons (Fsp3) is 0.381. The lowest BCUT2D eigenvalue weighted by atomic mass is 10.0. The van der Waals surface area contributed by atoms with Gasteiger partial charge in [0.15, 0.2) is 5.11 Å². The second-order valence-electron chi connectivity index (χ2n) is 7.21. The van der Waals surface area contributed by atoms with Crippen LogP contribution in [0.3, 0.4) is 0 Å². The van der Waals surface area contributed by atoms with Gasteiger partial charge in [0, 0.05) is 30.7 Å². The molecule has 3 nitrogen and oxygen atoms in total. The molecule has 144 valence electrons. The van der Waals surface area contributed by atoms with Crippen LogP contribution in [0.2, 0.25) is 10.0 Å². The molecule has 1 heterocycles. The van der Waals surface area contributed by atoms with Gasteiger partial charge in [0.1, 0.15) is 0 Å². The Balaban J connectivity index is 1.47. The number of halogens is 2. The van der Waals surface area contributed by atoms with Crippen molar-refractivity contribution < 1.29 is 0 Å².